The molecular formula is C15H25NO5. The standard InChI is InChI=1S/C15H25NO5/c1-16(9-10-17)8-7-12(18)11-5-6-13(19-2)15(21-4)14(11)20-3/h5-6,12,17-18H,7-10H2,1-4H3. The predicted octanol–water partition coefficient (Wildman–Crippen LogP) is 1.06. The molecule has 6 heteroatoms. The Morgan fingerprint density at radius 1 is 1.05 bits per heavy atom. The molecule has 1 aromatic rings. The molecule has 0 aliphatic heterocycles. The highest BCUT2D eigenvalue weighted by atomic mass is 16.5. The largest absolute Gasteiger partial charge is 0.493 e. The second kappa shape index (κ2) is 8.71. The van der Waals surface area contributed by atoms with Crippen molar-refractivity contribution >= 4 is 0 Å². The van der Waals surface area contributed by atoms with E-state index in [2.05, 4.69) is 0 Å². The van der Waals surface area contributed by atoms with E-state index in [4.69, 9.17) is 19.3 Å². The number of ether oxygens (including phenoxy) is 3. The summed E-state index contributed by atoms with van der Waals surface area (Å²) < 4.78 is 15.9. The van der Waals surface area contributed by atoms with Crippen LogP contribution in [0.25, 0.3) is 0 Å². The molecule has 1 atom stereocenters. The molecule has 0 saturated carbocycles. The molecule has 0 fully saturated rings. The third-order valence-corrected chi connectivity index (χ3v) is 3.36. The highest BCUT2D eigenvalue weighted by molar-refractivity contribution is 5.56. The maximum absolute atomic E-state index is 10.4. The zero-order valence-corrected chi connectivity index (χ0v) is 13.1. The summed E-state index contributed by atoms with van der Waals surface area (Å²) in [4.78, 5) is 1.95. The zero-order valence-electron chi connectivity index (χ0n) is 13.1. The van der Waals surface area contributed by atoms with Crippen LogP contribution < -0.4 is 14.2 Å². The Kier molecular flexibility index (Phi) is 7.28. The first kappa shape index (κ1) is 17.6. The number of hydrogen-bond donors (Lipinski definition) is 2. The van der Waals surface area contributed by atoms with Gasteiger partial charge in [0.15, 0.2) is 11.5 Å². The number of methoxy groups -OCH3 is 3. The smallest absolute Gasteiger partial charge is 0.203 e. The first-order valence-corrected chi connectivity index (χ1v) is 6.85. The van der Waals surface area contributed by atoms with Gasteiger partial charge in [-0.1, -0.05) is 0 Å². The van der Waals surface area contributed by atoms with E-state index in [1.807, 2.05) is 11.9 Å². The quantitative estimate of drug-likeness (QED) is 0.710. The molecule has 0 bridgehead atoms. The van der Waals surface area contributed by atoms with Crippen LogP contribution in [0.1, 0.15) is 18.1 Å². The first-order valence-electron chi connectivity index (χ1n) is 6.85. The molecule has 1 rings (SSSR count). The molecule has 0 saturated heterocycles. The van der Waals surface area contributed by atoms with E-state index >= 15 is 0 Å². The van der Waals surface area contributed by atoms with Crippen molar-refractivity contribution in [3.05, 3.63) is 17.7 Å². The Labute approximate surface area is 125 Å². The second-order valence-electron chi connectivity index (χ2n) is 4.75. The van der Waals surface area contributed by atoms with E-state index < -0.39 is 6.10 Å². The maximum Gasteiger partial charge on any atom is 0.203 e. The highest BCUT2D eigenvalue weighted by Gasteiger charge is 2.21. The molecule has 0 amide bonds. The minimum absolute atomic E-state index is 0.103. The van der Waals surface area contributed by atoms with Crippen LogP contribution in [0.3, 0.4) is 0 Å². The van der Waals surface area contributed by atoms with Crippen molar-refractivity contribution in [2.24, 2.45) is 0 Å². The fraction of sp³-hybridized carbons (Fsp3) is 0.600. The molecule has 0 aromatic heterocycles. The minimum atomic E-state index is -0.680. The molecular weight excluding hydrogens is 274 g/mol. The predicted molar refractivity (Wildman–Crippen MR) is 80.3 cm³/mol. The Hall–Kier alpha value is -1.50. The lowest BCUT2D eigenvalue weighted by Gasteiger charge is -2.21. The summed E-state index contributed by atoms with van der Waals surface area (Å²) in [6.45, 7) is 1.35. The van der Waals surface area contributed by atoms with Crippen molar-refractivity contribution in [3.63, 3.8) is 0 Å². The molecule has 0 radical (unpaired) electrons. The average molecular weight is 299 g/mol. The minimum Gasteiger partial charge on any atom is -0.493 e. The molecule has 21 heavy (non-hydrogen) atoms. The van der Waals surface area contributed by atoms with Gasteiger partial charge in [-0.25, -0.2) is 0 Å². The molecule has 1 unspecified atom stereocenters. The molecule has 0 aliphatic carbocycles. The van der Waals surface area contributed by atoms with E-state index in [1.54, 1.807) is 19.2 Å². The number of likely N-dealkylation sites (N-methyl/N-ethyl adjacent to an activating group) is 1. The molecule has 0 aliphatic rings. The number of benzene rings is 1. The monoisotopic (exact) mass is 299 g/mol. The molecule has 6 nitrogen and oxygen atoms in total. The van der Waals surface area contributed by atoms with Gasteiger partial charge in [0.05, 0.1) is 34.0 Å². The molecule has 0 spiro atoms. The van der Waals surface area contributed by atoms with Crippen molar-refractivity contribution in [1.29, 1.82) is 0 Å². The van der Waals surface area contributed by atoms with Crippen molar-refractivity contribution in [3.8, 4) is 17.2 Å². The summed E-state index contributed by atoms with van der Waals surface area (Å²) in [5, 5.41) is 19.2. The number of aliphatic hydroxyl groups excluding tert-OH is 2. The van der Waals surface area contributed by atoms with Crippen LogP contribution in [0.15, 0.2) is 12.1 Å². The van der Waals surface area contributed by atoms with Gasteiger partial charge in [-0.2, -0.15) is 0 Å². The number of nitrogens with zero attached hydrogens (tertiary/aromatic N) is 1. The summed E-state index contributed by atoms with van der Waals surface area (Å²) in [5.74, 6) is 1.51. The highest BCUT2D eigenvalue weighted by Crippen LogP contribution is 2.42. The lowest BCUT2D eigenvalue weighted by molar-refractivity contribution is 0.137. The average Bonchev–Trinajstić information content (AvgIpc) is 2.51. The van der Waals surface area contributed by atoms with Gasteiger partial charge in [-0.3, -0.25) is 0 Å². The van der Waals surface area contributed by atoms with Gasteiger partial charge in [-0.05, 0) is 25.6 Å². The summed E-state index contributed by atoms with van der Waals surface area (Å²) in [7, 11) is 6.52. The number of rotatable bonds is 9. The third-order valence-electron chi connectivity index (χ3n) is 3.36. The van der Waals surface area contributed by atoms with Crippen LogP contribution in [0.2, 0.25) is 0 Å². The van der Waals surface area contributed by atoms with Crippen molar-refractivity contribution in [1.82, 2.24) is 4.90 Å². The normalized spacial score (nSPS) is 12.3. The molecule has 0 heterocycles. The van der Waals surface area contributed by atoms with Gasteiger partial charge in [0, 0.05) is 18.7 Å². The summed E-state index contributed by atoms with van der Waals surface area (Å²) in [6, 6.07) is 3.52. The van der Waals surface area contributed by atoms with Gasteiger partial charge in [0.1, 0.15) is 0 Å². The number of aliphatic hydroxyl groups is 2. The Morgan fingerprint density at radius 2 is 1.71 bits per heavy atom. The fourth-order valence-corrected chi connectivity index (χ4v) is 2.17. The summed E-state index contributed by atoms with van der Waals surface area (Å²) >= 11 is 0. The van der Waals surface area contributed by atoms with Gasteiger partial charge < -0.3 is 29.3 Å². The van der Waals surface area contributed by atoms with Crippen molar-refractivity contribution in [2.45, 2.75) is 12.5 Å². The lowest BCUT2D eigenvalue weighted by Crippen LogP contribution is -2.24. The fourth-order valence-electron chi connectivity index (χ4n) is 2.17. The van der Waals surface area contributed by atoms with Gasteiger partial charge in [-0.15, -0.1) is 0 Å². The first-order chi connectivity index (χ1) is 10.1. The van der Waals surface area contributed by atoms with E-state index in [1.165, 1.54) is 14.2 Å². The number of hydrogen-bond acceptors (Lipinski definition) is 6. The van der Waals surface area contributed by atoms with Crippen LogP contribution in [0.5, 0.6) is 17.2 Å². The van der Waals surface area contributed by atoms with Crippen LogP contribution in [-0.2, 0) is 0 Å². The third kappa shape index (κ3) is 4.49. The van der Waals surface area contributed by atoms with E-state index in [9.17, 15) is 5.11 Å². The maximum atomic E-state index is 10.4. The summed E-state index contributed by atoms with van der Waals surface area (Å²) in [5.41, 5.74) is 0.660. The van der Waals surface area contributed by atoms with Gasteiger partial charge in [0.25, 0.3) is 0 Å². The van der Waals surface area contributed by atoms with Crippen molar-refractivity contribution in [2.75, 3.05) is 48.1 Å². The van der Waals surface area contributed by atoms with Crippen LogP contribution >= 0.6 is 0 Å². The Balaban J connectivity index is 2.91. The SMILES string of the molecule is COc1ccc(C(O)CCN(C)CCO)c(OC)c1OC. The Bertz CT molecular complexity index is 438. The summed E-state index contributed by atoms with van der Waals surface area (Å²) in [6.07, 6.45) is -0.150. The van der Waals surface area contributed by atoms with Crippen LogP contribution in [0, 0.1) is 0 Å². The molecule has 2 N–H and O–H groups in total. The van der Waals surface area contributed by atoms with Crippen molar-refractivity contribution < 1.29 is 24.4 Å². The van der Waals surface area contributed by atoms with Gasteiger partial charge in [0.2, 0.25) is 5.75 Å². The topological polar surface area (TPSA) is 71.4 Å². The second-order valence-corrected chi connectivity index (χ2v) is 4.75. The molecule has 120 valence electrons. The van der Waals surface area contributed by atoms with E-state index in [-0.39, 0.29) is 6.61 Å². The van der Waals surface area contributed by atoms with E-state index in [0.717, 1.165) is 0 Å². The van der Waals surface area contributed by atoms with E-state index in [0.29, 0.717) is 42.3 Å². The van der Waals surface area contributed by atoms with Crippen LogP contribution in [0.4, 0.5) is 0 Å². The van der Waals surface area contributed by atoms with Crippen LogP contribution in [-0.4, -0.2) is 63.2 Å². The Morgan fingerprint density at radius 3 is 2.24 bits per heavy atom. The lowest BCUT2D eigenvalue weighted by atomic mass is 10.0. The zero-order chi connectivity index (χ0) is 15.8. The molecule has 1 aromatic carbocycles. The van der Waals surface area contributed by atoms with Gasteiger partial charge >= 0.3 is 0 Å².